The molecule has 2 unspecified atom stereocenters. The summed E-state index contributed by atoms with van der Waals surface area (Å²) in [4.78, 5) is 25.2. The van der Waals surface area contributed by atoms with Crippen molar-refractivity contribution in [3.63, 3.8) is 0 Å². The smallest absolute Gasteiger partial charge is 0.309 e. The van der Waals surface area contributed by atoms with E-state index in [1.807, 2.05) is 0 Å². The number of hydrogen-bond donors (Lipinski definition) is 1. The Morgan fingerprint density at radius 2 is 2.10 bits per heavy atom. The van der Waals surface area contributed by atoms with Crippen LogP contribution in [0.25, 0.3) is 0 Å². The number of aliphatic carboxylic acids is 1. The summed E-state index contributed by atoms with van der Waals surface area (Å²) in [5.74, 6) is -2.41. The largest absolute Gasteiger partial charge is 0.481 e. The zero-order valence-electron chi connectivity index (χ0n) is 10.6. The maximum Gasteiger partial charge on any atom is 0.309 e. The van der Waals surface area contributed by atoms with Crippen molar-refractivity contribution in [1.82, 2.24) is 4.90 Å². The molecule has 3 rings (SSSR count). The predicted molar refractivity (Wildman–Crippen MR) is 72.5 cm³/mol. The average molecular weight is 342 g/mol. The molecular formula is C14H13BrFNO3. The van der Waals surface area contributed by atoms with Crippen molar-refractivity contribution in [3.8, 4) is 0 Å². The number of benzene rings is 1. The van der Waals surface area contributed by atoms with Crippen LogP contribution in [0.4, 0.5) is 4.39 Å². The highest BCUT2D eigenvalue weighted by molar-refractivity contribution is 9.10. The normalized spacial score (nSPS) is 26.1. The van der Waals surface area contributed by atoms with E-state index < -0.39 is 23.7 Å². The summed E-state index contributed by atoms with van der Waals surface area (Å²) in [5, 5.41) is 9.35. The third-order valence-corrected chi connectivity index (χ3v) is 4.62. The van der Waals surface area contributed by atoms with Crippen LogP contribution in [-0.2, 0) is 9.59 Å². The van der Waals surface area contributed by atoms with Gasteiger partial charge in [0.15, 0.2) is 0 Å². The standard InChI is InChI=1S/C14H13BrFNO3/c15-11-4-1-7(16)5-9(11)13-10(14(19)20)6-12(18)17(13)8-2-3-8/h1,4-5,8,10,13H,2-3,6H2,(H,19,20). The Labute approximate surface area is 123 Å². The lowest BCUT2D eigenvalue weighted by Gasteiger charge is -2.28. The van der Waals surface area contributed by atoms with Crippen LogP contribution in [-0.4, -0.2) is 27.9 Å². The first-order valence-electron chi connectivity index (χ1n) is 6.48. The van der Waals surface area contributed by atoms with E-state index >= 15 is 0 Å². The fourth-order valence-electron chi connectivity index (χ4n) is 2.87. The molecule has 1 aromatic rings. The Bertz CT molecular complexity index is 588. The topological polar surface area (TPSA) is 57.6 Å². The van der Waals surface area contributed by atoms with Crippen molar-refractivity contribution in [1.29, 1.82) is 0 Å². The number of amides is 1. The van der Waals surface area contributed by atoms with Gasteiger partial charge in [0.1, 0.15) is 5.82 Å². The molecule has 0 radical (unpaired) electrons. The van der Waals surface area contributed by atoms with E-state index in [9.17, 15) is 19.1 Å². The number of likely N-dealkylation sites (tertiary alicyclic amines) is 1. The highest BCUT2D eigenvalue weighted by atomic mass is 79.9. The van der Waals surface area contributed by atoms with Crippen molar-refractivity contribution in [3.05, 3.63) is 34.1 Å². The monoisotopic (exact) mass is 341 g/mol. The van der Waals surface area contributed by atoms with Gasteiger partial charge in [0.25, 0.3) is 0 Å². The van der Waals surface area contributed by atoms with E-state index in [-0.39, 0.29) is 18.4 Å². The molecule has 1 amide bonds. The molecule has 2 atom stereocenters. The zero-order valence-corrected chi connectivity index (χ0v) is 12.1. The van der Waals surface area contributed by atoms with E-state index in [4.69, 9.17) is 0 Å². The molecule has 0 aromatic heterocycles. The summed E-state index contributed by atoms with van der Waals surface area (Å²) in [6.45, 7) is 0. The second-order valence-corrected chi connectivity index (χ2v) is 6.15. The summed E-state index contributed by atoms with van der Waals surface area (Å²) in [7, 11) is 0. The number of carbonyl (C=O) groups is 2. The van der Waals surface area contributed by atoms with Gasteiger partial charge in [-0.1, -0.05) is 15.9 Å². The fraction of sp³-hybridized carbons (Fsp3) is 0.429. The number of carbonyl (C=O) groups excluding carboxylic acids is 1. The number of rotatable bonds is 3. The van der Waals surface area contributed by atoms with Gasteiger partial charge in [-0.15, -0.1) is 0 Å². The molecule has 2 aliphatic rings. The van der Waals surface area contributed by atoms with Gasteiger partial charge in [0.05, 0.1) is 12.0 Å². The van der Waals surface area contributed by atoms with Crippen molar-refractivity contribution in [2.24, 2.45) is 5.92 Å². The third kappa shape index (κ3) is 2.22. The minimum Gasteiger partial charge on any atom is -0.481 e. The molecule has 1 aliphatic carbocycles. The summed E-state index contributed by atoms with van der Waals surface area (Å²) < 4.78 is 14.1. The van der Waals surface area contributed by atoms with Crippen molar-refractivity contribution in [2.45, 2.75) is 31.3 Å². The summed E-state index contributed by atoms with van der Waals surface area (Å²) in [6.07, 6.45) is 1.77. The van der Waals surface area contributed by atoms with E-state index in [1.54, 1.807) is 11.0 Å². The molecule has 1 heterocycles. The average Bonchev–Trinajstić information content (AvgIpc) is 3.15. The Hall–Kier alpha value is -1.43. The lowest BCUT2D eigenvalue weighted by molar-refractivity contribution is -0.142. The minimum absolute atomic E-state index is 0.0144. The second kappa shape index (κ2) is 4.84. The number of carboxylic acid groups (broad SMARTS) is 1. The molecule has 1 aliphatic heterocycles. The van der Waals surface area contributed by atoms with E-state index in [0.717, 1.165) is 12.8 Å². The Kier molecular flexibility index (Phi) is 3.28. The molecule has 1 N–H and O–H groups in total. The summed E-state index contributed by atoms with van der Waals surface area (Å²) in [6, 6.07) is 3.70. The molecule has 1 aromatic carbocycles. The van der Waals surface area contributed by atoms with Crippen LogP contribution >= 0.6 is 15.9 Å². The van der Waals surface area contributed by atoms with Gasteiger partial charge in [0.2, 0.25) is 5.91 Å². The molecule has 0 bridgehead atoms. The highest BCUT2D eigenvalue weighted by Gasteiger charge is 2.50. The summed E-state index contributed by atoms with van der Waals surface area (Å²) in [5.41, 5.74) is 0.537. The molecule has 20 heavy (non-hydrogen) atoms. The Balaban J connectivity index is 2.07. The maximum absolute atomic E-state index is 13.5. The van der Waals surface area contributed by atoms with Crippen LogP contribution < -0.4 is 0 Å². The fourth-order valence-corrected chi connectivity index (χ4v) is 3.35. The molecule has 1 saturated carbocycles. The maximum atomic E-state index is 13.5. The van der Waals surface area contributed by atoms with Crippen LogP contribution in [0.15, 0.2) is 22.7 Å². The first-order chi connectivity index (χ1) is 9.49. The third-order valence-electron chi connectivity index (χ3n) is 3.90. The Morgan fingerprint density at radius 1 is 1.40 bits per heavy atom. The van der Waals surface area contributed by atoms with Crippen LogP contribution in [0.2, 0.25) is 0 Å². The van der Waals surface area contributed by atoms with E-state index in [0.29, 0.717) is 10.0 Å². The van der Waals surface area contributed by atoms with Gasteiger partial charge in [0, 0.05) is 16.9 Å². The zero-order chi connectivity index (χ0) is 14.4. The molecule has 2 fully saturated rings. The van der Waals surface area contributed by atoms with Gasteiger partial charge >= 0.3 is 5.97 Å². The Morgan fingerprint density at radius 3 is 2.70 bits per heavy atom. The molecule has 0 spiro atoms. The number of hydrogen-bond acceptors (Lipinski definition) is 2. The van der Waals surface area contributed by atoms with Gasteiger partial charge < -0.3 is 10.0 Å². The first kappa shape index (κ1) is 13.5. The van der Waals surface area contributed by atoms with Gasteiger partial charge in [-0.05, 0) is 36.6 Å². The van der Waals surface area contributed by atoms with Gasteiger partial charge in [-0.25, -0.2) is 4.39 Å². The second-order valence-electron chi connectivity index (χ2n) is 5.29. The molecule has 106 valence electrons. The predicted octanol–water partition coefficient (Wildman–Crippen LogP) is 2.72. The first-order valence-corrected chi connectivity index (χ1v) is 7.27. The quantitative estimate of drug-likeness (QED) is 0.919. The van der Waals surface area contributed by atoms with E-state index in [2.05, 4.69) is 15.9 Å². The molecular weight excluding hydrogens is 329 g/mol. The lowest BCUT2D eigenvalue weighted by Crippen LogP contribution is -2.32. The van der Waals surface area contributed by atoms with Crippen molar-refractivity contribution >= 4 is 27.8 Å². The number of nitrogens with zero attached hydrogens (tertiary/aromatic N) is 1. The molecule has 4 nitrogen and oxygen atoms in total. The molecule has 6 heteroatoms. The summed E-state index contributed by atoms with van der Waals surface area (Å²) >= 11 is 3.34. The van der Waals surface area contributed by atoms with E-state index in [1.165, 1.54) is 12.1 Å². The number of carboxylic acids is 1. The van der Waals surface area contributed by atoms with Crippen molar-refractivity contribution in [2.75, 3.05) is 0 Å². The minimum atomic E-state index is -1.01. The van der Waals surface area contributed by atoms with Gasteiger partial charge in [-0.3, -0.25) is 9.59 Å². The van der Waals surface area contributed by atoms with Crippen LogP contribution in [0.1, 0.15) is 30.9 Å². The molecule has 1 saturated heterocycles. The lowest BCUT2D eigenvalue weighted by atomic mass is 9.93. The SMILES string of the molecule is O=C(O)C1CC(=O)N(C2CC2)C1c1cc(F)ccc1Br. The highest BCUT2D eigenvalue weighted by Crippen LogP contribution is 2.46. The van der Waals surface area contributed by atoms with Crippen molar-refractivity contribution < 1.29 is 19.1 Å². The van der Waals surface area contributed by atoms with Crippen LogP contribution in [0.5, 0.6) is 0 Å². The van der Waals surface area contributed by atoms with Crippen LogP contribution in [0.3, 0.4) is 0 Å². The number of halogens is 2. The van der Waals surface area contributed by atoms with Gasteiger partial charge in [-0.2, -0.15) is 0 Å². The van der Waals surface area contributed by atoms with Crippen LogP contribution in [0, 0.1) is 11.7 Å².